The molecule has 0 saturated carbocycles. The van der Waals surface area contributed by atoms with E-state index in [0.29, 0.717) is 6.42 Å². The van der Waals surface area contributed by atoms with Crippen molar-refractivity contribution < 1.29 is 37.6 Å². The van der Waals surface area contributed by atoms with Gasteiger partial charge >= 0.3 is 19.8 Å². The Morgan fingerprint density at radius 3 is 1.22 bits per heavy atom. The molecule has 0 aliphatic rings. The lowest BCUT2D eigenvalue weighted by Gasteiger charge is -2.19. The van der Waals surface area contributed by atoms with Gasteiger partial charge < -0.3 is 20.1 Å². The predicted octanol–water partition coefficient (Wildman–Crippen LogP) is 15.0. The van der Waals surface area contributed by atoms with Gasteiger partial charge in [-0.15, -0.1) is 6.58 Å². The third-order valence-electron chi connectivity index (χ3n) is 11.3. The molecule has 0 aliphatic carbocycles. The number of carbonyl (C=O) groups excluding carboxylic acids is 2. The van der Waals surface area contributed by atoms with Crippen LogP contribution in [-0.2, 0) is 32.7 Å². The monoisotopic (exact) mass is 858 g/mol. The van der Waals surface area contributed by atoms with Gasteiger partial charge in [-0.2, -0.15) is 0 Å². The van der Waals surface area contributed by atoms with Gasteiger partial charge in [-0.25, -0.2) is 4.57 Å². The van der Waals surface area contributed by atoms with Crippen LogP contribution in [0.25, 0.3) is 0 Å². The van der Waals surface area contributed by atoms with Crippen molar-refractivity contribution in [1.29, 1.82) is 0 Å². The summed E-state index contributed by atoms with van der Waals surface area (Å²) in [6.07, 6.45) is 48.6. The molecule has 1 unspecified atom stereocenters. The van der Waals surface area contributed by atoms with Crippen LogP contribution >= 0.6 is 7.82 Å². The Morgan fingerprint density at radius 1 is 0.525 bits per heavy atom. The van der Waals surface area contributed by atoms with Crippen molar-refractivity contribution in [2.24, 2.45) is 5.73 Å². The van der Waals surface area contributed by atoms with E-state index in [4.69, 9.17) is 24.3 Å². The smallest absolute Gasteiger partial charge is 0.462 e. The van der Waals surface area contributed by atoms with Crippen molar-refractivity contribution in [3.63, 3.8) is 0 Å². The van der Waals surface area contributed by atoms with Gasteiger partial charge in [0.15, 0.2) is 6.10 Å². The summed E-state index contributed by atoms with van der Waals surface area (Å²) < 4.78 is 32.9. The average Bonchev–Trinajstić information content (AvgIpc) is 3.22. The number of rotatable bonds is 49. The zero-order chi connectivity index (χ0) is 43.2. The second-order valence-electron chi connectivity index (χ2n) is 17.1. The van der Waals surface area contributed by atoms with E-state index in [0.717, 1.165) is 38.5 Å². The summed E-state index contributed by atoms with van der Waals surface area (Å²) in [6, 6.07) is 0. The summed E-state index contributed by atoms with van der Waals surface area (Å²) in [6.45, 7) is 5.31. The Morgan fingerprint density at radius 2 is 0.864 bits per heavy atom. The minimum absolute atomic E-state index is 0.0562. The maximum Gasteiger partial charge on any atom is 0.472 e. The normalized spacial score (nSPS) is 13.0. The number of phosphoric ester groups is 1. The zero-order valence-electron chi connectivity index (χ0n) is 38.6. The number of allylic oxidation sites excluding steroid dienone is 1. The number of unbranched alkanes of at least 4 members (excludes halogenated alkanes) is 35. The van der Waals surface area contributed by atoms with Gasteiger partial charge in [0.05, 0.1) is 13.2 Å². The molecule has 0 rings (SSSR count). The largest absolute Gasteiger partial charge is 0.472 e. The Labute approximate surface area is 364 Å². The molecule has 0 amide bonds. The van der Waals surface area contributed by atoms with Gasteiger partial charge in [-0.1, -0.05) is 225 Å². The molecule has 10 heteroatoms. The highest BCUT2D eigenvalue weighted by Gasteiger charge is 2.26. The quantitative estimate of drug-likeness (QED) is 0.0265. The van der Waals surface area contributed by atoms with Crippen LogP contribution in [0.3, 0.4) is 0 Å². The van der Waals surface area contributed by atoms with Gasteiger partial charge in [-0.3, -0.25) is 18.6 Å². The lowest BCUT2D eigenvalue weighted by atomic mass is 10.0. The van der Waals surface area contributed by atoms with Crippen LogP contribution in [0.15, 0.2) is 12.7 Å². The topological polar surface area (TPSA) is 134 Å². The summed E-state index contributed by atoms with van der Waals surface area (Å²) in [5.41, 5.74) is 5.36. The highest BCUT2D eigenvalue weighted by molar-refractivity contribution is 7.47. The maximum absolute atomic E-state index is 12.6. The maximum atomic E-state index is 12.6. The van der Waals surface area contributed by atoms with E-state index >= 15 is 0 Å². The number of ether oxygens (including phenoxy) is 2. The molecule has 0 aromatic carbocycles. The van der Waals surface area contributed by atoms with E-state index < -0.39 is 26.5 Å². The van der Waals surface area contributed by atoms with E-state index in [-0.39, 0.29) is 38.6 Å². The van der Waals surface area contributed by atoms with Gasteiger partial charge in [0.1, 0.15) is 6.61 Å². The lowest BCUT2D eigenvalue weighted by Crippen LogP contribution is -2.29. The van der Waals surface area contributed by atoms with E-state index in [2.05, 4.69) is 13.5 Å². The van der Waals surface area contributed by atoms with Crippen LogP contribution in [0.5, 0.6) is 0 Å². The van der Waals surface area contributed by atoms with Crippen molar-refractivity contribution >= 4 is 19.8 Å². The first-order valence-electron chi connectivity index (χ1n) is 25.1. The minimum Gasteiger partial charge on any atom is -0.462 e. The summed E-state index contributed by atoms with van der Waals surface area (Å²) in [5.74, 6) is -0.815. The van der Waals surface area contributed by atoms with Crippen LogP contribution in [0.2, 0.25) is 0 Å². The van der Waals surface area contributed by atoms with E-state index in [9.17, 15) is 19.0 Å². The third kappa shape index (κ3) is 46.1. The van der Waals surface area contributed by atoms with Crippen LogP contribution in [0.4, 0.5) is 0 Å². The van der Waals surface area contributed by atoms with Crippen LogP contribution in [-0.4, -0.2) is 49.3 Å². The standard InChI is InChI=1S/C49H96NO8P/c1-3-5-7-9-11-13-15-17-19-20-21-22-23-24-25-26-28-30-32-34-36-38-40-42-49(52)58-47(46-57-59(53,54)56-44-43-50)45-55-48(51)41-39-37-35-33-31-29-27-18-16-14-12-10-8-6-4-2/h4,47H,2-3,5-46,50H2,1H3,(H,53,54)/t47-/m1/s1. The van der Waals surface area contributed by atoms with Crippen molar-refractivity contribution in [2.45, 2.75) is 263 Å². The molecule has 0 saturated heterocycles. The van der Waals surface area contributed by atoms with Crippen LogP contribution < -0.4 is 5.73 Å². The lowest BCUT2D eigenvalue weighted by molar-refractivity contribution is -0.161. The average molecular weight is 858 g/mol. The molecule has 0 aliphatic heterocycles. The van der Waals surface area contributed by atoms with Gasteiger partial charge in [0.25, 0.3) is 0 Å². The molecule has 3 N–H and O–H groups in total. The third-order valence-corrected chi connectivity index (χ3v) is 12.3. The highest BCUT2D eigenvalue weighted by Crippen LogP contribution is 2.43. The molecule has 0 aromatic rings. The fourth-order valence-corrected chi connectivity index (χ4v) is 8.32. The Bertz CT molecular complexity index is 966. The second kappa shape index (κ2) is 46.3. The molecule has 2 atom stereocenters. The van der Waals surface area contributed by atoms with Crippen molar-refractivity contribution in [1.82, 2.24) is 0 Å². The Balaban J connectivity index is 3.97. The molecule has 0 radical (unpaired) electrons. The van der Waals surface area contributed by atoms with E-state index in [1.54, 1.807) is 0 Å². The number of hydrogen-bond donors (Lipinski definition) is 2. The van der Waals surface area contributed by atoms with Crippen molar-refractivity contribution in [3.8, 4) is 0 Å². The number of phosphoric acid groups is 1. The first-order valence-corrected chi connectivity index (χ1v) is 26.6. The molecule has 59 heavy (non-hydrogen) atoms. The fourth-order valence-electron chi connectivity index (χ4n) is 7.56. The highest BCUT2D eigenvalue weighted by atomic mass is 31.2. The zero-order valence-corrected chi connectivity index (χ0v) is 39.5. The summed E-state index contributed by atoms with van der Waals surface area (Å²) in [5, 5.41) is 0. The van der Waals surface area contributed by atoms with Gasteiger partial charge in [0.2, 0.25) is 0 Å². The van der Waals surface area contributed by atoms with Gasteiger partial charge in [-0.05, 0) is 25.7 Å². The summed E-state index contributed by atoms with van der Waals surface area (Å²) >= 11 is 0. The molecule has 0 spiro atoms. The number of nitrogens with two attached hydrogens (primary N) is 1. The number of carbonyl (C=O) groups is 2. The first-order chi connectivity index (χ1) is 28.8. The molecule has 0 heterocycles. The first kappa shape index (κ1) is 57.8. The van der Waals surface area contributed by atoms with E-state index in [1.165, 1.54) is 193 Å². The van der Waals surface area contributed by atoms with E-state index in [1.807, 2.05) is 6.08 Å². The molecular weight excluding hydrogens is 762 g/mol. The molecule has 350 valence electrons. The van der Waals surface area contributed by atoms with Crippen LogP contribution in [0, 0.1) is 0 Å². The SMILES string of the molecule is C=CCCCCCCCCCCCCCCCC(=O)OC[C@H](COP(=O)(O)OCCN)OC(=O)CCCCCCCCCCCCCCCCCCCCCCCCC. The fraction of sp³-hybridized carbons (Fsp3) is 0.918. The predicted molar refractivity (Wildman–Crippen MR) is 248 cm³/mol. The summed E-state index contributed by atoms with van der Waals surface area (Å²) in [7, 11) is -4.38. The second-order valence-corrected chi connectivity index (χ2v) is 18.6. The van der Waals surface area contributed by atoms with Crippen molar-refractivity contribution in [3.05, 3.63) is 12.7 Å². The molecule has 0 bridgehead atoms. The Hall–Kier alpha value is -1.25. The van der Waals surface area contributed by atoms with Crippen LogP contribution in [0.1, 0.15) is 257 Å². The number of hydrogen-bond acceptors (Lipinski definition) is 8. The molecule has 0 fully saturated rings. The summed E-state index contributed by atoms with van der Waals surface area (Å²) in [4.78, 5) is 35.0. The van der Waals surface area contributed by atoms with Crippen molar-refractivity contribution in [2.75, 3.05) is 26.4 Å². The number of esters is 2. The molecule has 0 aromatic heterocycles. The molecular formula is C49H96NO8P. The minimum atomic E-state index is -4.38. The molecule has 9 nitrogen and oxygen atoms in total. The van der Waals surface area contributed by atoms with Gasteiger partial charge in [0, 0.05) is 19.4 Å². The Kier molecular flexibility index (Phi) is 45.3.